The van der Waals surface area contributed by atoms with Crippen molar-refractivity contribution >= 4 is 27.6 Å². The number of ether oxygens (including phenoxy) is 1. The molecule has 0 radical (unpaired) electrons. The van der Waals surface area contributed by atoms with Crippen LogP contribution >= 0.6 is 11.8 Å². The van der Waals surface area contributed by atoms with Gasteiger partial charge in [0, 0.05) is 5.92 Å². The number of para-hydroxylation sites is 1. The van der Waals surface area contributed by atoms with Gasteiger partial charge in [0.15, 0.2) is 9.84 Å². The minimum Gasteiger partial charge on any atom is -0.461 e. The Morgan fingerprint density at radius 2 is 2.00 bits per heavy atom. The first kappa shape index (κ1) is 17.5. The second-order valence-corrected chi connectivity index (χ2v) is 9.75. The molecule has 4 rings (SSSR count). The summed E-state index contributed by atoms with van der Waals surface area (Å²) in [5, 5.41) is 5.07. The molecule has 2 aliphatic rings. The number of esters is 1. The van der Waals surface area contributed by atoms with Gasteiger partial charge in [-0.15, -0.1) is 5.10 Å². The summed E-state index contributed by atoms with van der Waals surface area (Å²) in [5.41, 5.74) is 0.951. The number of rotatable bonds is 6. The first-order valence-electron chi connectivity index (χ1n) is 8.55. The highest BCUT2D eigenvalue weighted by Gasteiger charge is 2.32. The van der Waals surface area contributed by atoms with E-state index in [-0.39, 0.29) is 17.3 Å². The van der Waals surface area contributed by atoms with E-state index < -0.39 is 21.9 Å². The molecule has 2 fully saturated rings. The summed E-state index contributed by atoms with van der Waals surface area (Å²) in [6.45, 7) is 0. The van der Waals surface area contributed by atoms with Crippen LogP contribution in [0.25, 0.3) is 5.69 Å². The van der Waals surface area contributed by atoms with E-state index in [1.165, 1.54) is 11.8 Å². The predicted octanol–water partition coefficient (Wildman–Crippen LogP) is 1.97. The SMILES string of the molecule is O=C(CSc1nc(C2CC2)n(-c2ccccc2)n1)O[C@@H]1CCS(=O)(=O)C1. The van der Waals surface area contributed by atoms with Gasteiger partial charge < -0.3 is 4.74 Å². The third-order valence-electron chi connectivity index (χ3n) is 4.36. The Morgan fingerprint density at radius 3 is 2.65 bits per heavy atom. The summed E-state index contributed by atoms with van der Waals surface area (Å²) in [6, 6.07) is 9.81. The molecule has 0 spiro atoms. The van der Waals surface area contributed by atoms with Crippen LogP contribution in [0.3, 0.4) is 0 Å². The Hall–Kier alpha value is -1.87. The monoisotopic (exact) mass is 393 g/mol. The van der Waals surface area contributed by atoms with Crippen molar-refractivity contribution in [3.63, 3.8) is 0 Å². The van der Waals surface area contributed by atoms with Crippen LogP contribution in [0.4, 0.5) is 0 Å². The molecule has 9 heteroatoms. The summed E-state index contributed by atoms with van der Waals surface area (Å²) < 4.78 is 29.9. The molecule has 2 heterocycles. The van der Waals surface area contributed by atoms with Crippen molar-refractivity contribution in [2.75, 3.05) is 17.3 Å². The van der Waals surface area contributed by atoms with Crippen LogP contribution in [0.5, 0.6) is 0 Å². The fourth-order valence-corrected chi connectivity index (χ4v) is 5.13. The second kappa shape index (κ2) is 7.03. The maximum Gasteiger partial charge on any atom is 0.316 e. The number of carbonyl (C=O) groups excluding carboxylic acids is 1. The lowest BCUT2D eigenvalue weighted by molar-refractivity contribution is -0.144. The summed E-state index contributed by atoms with van der Waals surface area (Å²) in [6.07, 6.45) is 2.07. The normalized spacial score (nSPS) is 21.6. The van der Waals surface area contributed by atoms with E-state index in [1.807, 2.05) is 35.0 Å². The standard InChI is InChI=1S/C17H19N3O4S2/c21-15(24-14-8-9-26(22,23)11-14)10-25-17-18-16(12-6-7-12)20(19-17)13-4-2-1-3-5-13/h1-5,12,14H,6-11H2/t14-/m1/s1. The first-order chi connectivity index (χ1) is 12.5. The topological polar surface area (TPSA) is 91.2 Å². The molecule has 138 valence electrons. The number of benzene rings is 1. The van der Waals surface area contributed by atoms with Crippen molar-refractivity contribution in [2.45, 2.75) is 36.4 Å². The molecule has 7 nitrogen and oxygen atoms in total. The lowest BCUT2D eigenvalue weighted by Crippen LogP contribution is -2.20. The number of carbonyl (C=O) groups is 1. The molecule has 0 unspecified atom stereocenters. The van der Waals surface area contributed by atoms with Crippen molar-refractivity contribution in [2.24, 2.45) is 0 Å². The highest BCUT2D eigenvalue weighted by Crippen LogP contribution is 2.40. The summed E-state index contributed by atoms with van der Waals surface area (Å²) >= 11 is 1.22. The second-order valence-electron chi connectivity index (χ2n) is 6.58. The molecule has 0 bridgehead atoms. The molecule has 1 aromatic carbocycles. The Balaban J connectivity index is 1.40. The Labute approximate surface area is 156 Å². The average Bonchev–Trinajstić information content (AvgIpc) is 3.29. The summed E-state index contributed by atoms with van der Waals surface area (Å²) in [4.78, 5) is 16.6. The molecule has 1 aliphatic carbocycles. The molecule has 26 heavy (non-hydrogen) atoms. The van der Waals surface area contributed by atoms with Crippen LogP contribution in [0.15, 0.2) is 35.5 Å². The molecule has 1 aromatic heterocycles. The zero-order valence-electron chi connectivity index (χ0n) is 14.1. The van der Waals surface area contributed by atoms with Crippen LogP contribution in [0, 0.1) is 0 Å². The van der Waals surface area contributed by atoms with Gasteiger partial charge >= 0.3 is 5.97 Å². The summed E-state index contributed by atoms with van der Waals surface area (Å²) in [5.74, 6) is 1.00. The lowest BCUT2D eigenvalue weighted by atomic mass is 10.3. The number of nitrogens with zero attached hydrogens (tertiary/aromatic N) is 3. The molecule has 1 saturated heterocycles. The van der Waals surface area contributed by atoms with Crippen molar-refractivity contribution in [1.82, 2.24) is 14.8 Å². The lowest BCUT2D eigenvalue weighted by Gasteiger charge is -2.09. The number of aromatic nitrogens is 3. The third-order valence-corrected chi connectivity index (χ3v) is 6.91. The van der Waals surface area contributed by atoms with Crippen LogP contribution in [-0.4, -0.2) is 52.5 Å². The zero-order chi connectivity index (χ0) is 18.1. The molecule has 1 aliphatic heterocycles. The van der Waals surface area contributed by atoms with E-state index in [1.54, 1.807) is 0 Å². The van der Waals surface area contributed by atoms with Crippen molar-refractivity contribution < 1.29 is 17.9 Å². The van der Waals surface area contributed by atoms with Gasteiger partial charge in [-0.05, 0) is 31.4 Å². The van der Waals surface area contributed by atoms with E-state index in [0.29, 0.717) is 17.5 Å². The fourth-order valence-electron chi connectivity index (χ4n) is 2.93. The van der Waals surface area contributed by atoms with Crippen LogP contribution < -0.4 is 0 Å². The molecule has 0 N–H and O–H groups in total. The van der Waals surface area contributed by atoms with E-state index >= 15 is 0 Å². The van der Waals surface area contributed by atoms with E-state index in [9.17, 15) is 13.2 Å². The van der Waals surface area contributed by atoms with Gasteiger partial charge in [-0.1, -0.05) is 30.0 Å². The maximum absolute atomic E-state index is 12.0. The molecule has 1 atom stereocenters. The molecular formula is C17H19N3O4S2. The van der Waals surface area contributed by atoms with Gasteiger partial charge in [0.1, 0.15) is 11.9 Å². The van der Waals surface area contributed by atoms with E-state index in [2.05, 4.69) is 10.1 Å². The minimum absolute atomic E-state index is 0.0689. The first-order valence-corrected chi connectivity index (χ1v) is 11.4. The maximum atomic E-state index is 12.0. The smallest absolute Gasteiger partial charge is 0.316 e. The molecular weight excluding hydrogens is 374 g/mol. The minimum atomic E-state index is -3.06. The predicted molar refractivity (Wildman–Crippen MR) is 97.2 cm³/mol. The number of sulfone groups is 1. The molecule has 2 aromatic rings. The van der Waals surface area contributed by atoms with Crippen LogP contribution in [0.2, 0.25) is 0 Å². The van der Waals surface area contributed by atoms with Crippen molar-refractivity contribution in [1.29, 1.82) is 0 Å². The highest BCUT2D eigenvalue weighted by atomic mass is 32.2. The van der Waals surface area contributed by atoms with Gasteiger partial charge in [-0.2, -0.15) is 0 Å². The largest absolute Gasteiger partial charge is 0.461 e. The Kier molecular flexibility index (Phi) is 4.74. The van der Waals surface area contributed by atoms with Gasteiger partial charge in [0.2, 0.25) is 5.16 Å². The fraction of sp³-hybridized carbons (Fsp3) is 0.471. The van der Waals surface area contributed by atoms with Crippen LogP contribution in [0.1, 0.15) is 31.0 Å². The van der Waals surface area contributed by atoms with Crippen molar-refractivity contribution in [3.05, 3.63) is 36.2 Å². The van der Waals surface area contributed by atoms with Gasteiger partial charge in [0.05, 0.1) is 22.9 Å². The van der Waals surface area contributed by atoms with E-state index in [0.717, 1.165) is 24.4 Å². The van der Waals surface area contributed by atoms with E-state index in [4.69, 9.17) is 4.74 Å². The third kappa shape index (κ3) is 4.09. The number of hydrogen-bond acceptors (Lipinski definition) is 7. The number of thioether (sulfide) groups is 1. The average molecular weight is 393 g/mol. The van der Waals surface area contributed by atoms with Gasteiger partial charge in [0.25, 0.3) is 0 Å². The quantitative estimate of drug-likeness (QED) is 0.547. The Morgan fingerprint density at radius 1 is 1.23 bits per heavy atom. The molecule has 0 amide bonds. The highest BCUT2D eigenvalue weighted by molar-refractivity contribution is 7.99. The molecule has 1 saturated carbocycles. The van der Waals surface area contributed by atoms with Crippen LogP contribution in [-0.2, 0) is 19.4 Å². The van der Waals surface area contributed by atoms with Gasteiger partial charge in [-0.3, -0.25) is 4.79 Å². The number of hydrogen-bond donors (Lipinski definition) is 0. The van der Waals surface area contributed by atoms with Gasteiger partial charge in [-0.25, -0.2) is 18.1 Å². The zero-order valence-corrected chi connectivity index (χ0v) is 15.7. The van der Waals surface area contributed by atoms with Crippen molar-refractivity contribution in [3.8, 4) is 5.69 Å². The summed E-state index contributed by atoms with van der Waals surface area (Å²) in [7, 11) is -3.06. The Bertz CT molecular complexity index is 907.